The normalized spacial score (nSPS) is 11.9. The Morgan fingerprint density at radius 3 is 2.93 bits per heavy atom. The Morgan fingerprint density at radius 2 is 2.04 bits per heavy atom. The molecule has 2 N–H and O–H groups in total. The minimum absolute atomic E-state index is 0.250. The van der Waals surface area contributed by atoms with Crippen molar-refractivity contribution in [3.8, 4) is 17.2 Å². The van der Waals surface area contributed by atoms with Crippen LogP contribution in [0.2, 0.25) is 5.02 Å². The van der Waals surface area contributed by atoms with Crippen molar-refractivity contribution in [1.29, 1.82) is 0 Å². The molecule has 4 rings (SSSR count). The Bertz CT molecular complexity index is 969. The zero-order valence-electron chi connectivity index (χ0n) is 14.4. The van der Waals surface area contributed by atoms with Gasteiger partial charge < -0.3 is 24.8 Å². The maximum Gasteiger partial charge on any atom is 0.244 e. The molecule has 9 heteroatoms. The van der Waals surface area contributed by atoms with Crippen LogP contribution in [0.1, 0.15) is 5.56 Å². The second-order valence-electron chi connectivity index (χ2n) is 5.68. The molecule has 3 aromatic rings. The second-order valence-corrected chi connectivity index (χ2v) is 6.11. The first kappa shape index (κ1) is 17.2. The van der Waals surface area contributed by atoms with Crippen molar-refractivity contribution in [1.82, 2.24) is 15.2 Å². The van der Waals surface area contributed by atoms with Gasteiger partial charge in [-0.3, -0.25) is 0 Å². The van der Waals surface area contributed by atoms with Gasteiger partial charge in [-0.2, -0.15) is 10.1 Å². The number of anilines is 3. The van der Waals surface area contributed by atoms with Crippen LogP contribution in [0.3, 0.4) is 0 Å². The molecule has 0 spiro atoms. The standard InChI is InChI=1S/C18H16ClN5O3/c1-25-14-5-3-12(19)7-13(14)22-17-9-21-24-18(23-17)20-8-11-2-4-15-16(6-11)27-10-26-15/h2-7,9H,8,10H2,1H3,(H2,20,22,23,24). The molecule has 2 aromatic carbocycles. The van der Waals surface area contributed by atoms with E-state index in [9.17, 15) is 0 Å². The Morgan fingerprint density at radius 1 is 1.15 bits per heavy atom. The van der Waals surface area contributed by atoms with Crippen molar-refractivity contribution >= 4 is 29.1 Å². The number of rotatable bonds is 6. The number of fused-ring (bicyclic) bond motifs is 1. The minimum Gasteiger partial charge on any atom is -0.495 e. The lowest BCUT2D eigenvalue weighted by molar-refractivity contribution is 0.174. The molecule has 0 amide bonds. The first-order valence-corrected chi connectivity index (χ1v) is 8.52. The summed E-state index contributed by atoms with van der Waals surface area (Å²) in [4.78, 5) is 4.41. The van der Waals surface area contributed by atoms with E-state index in [-0.39, 0.29) is 6.79 Å². The number of aromatic nitrogens is 3. The smallest absolute Gasteiger partial charge is 0.244 e. The summed E-state index contributed by atoms with van der Waals surface area (Å²) < 4.78 is 16.0. The van der Waals surface area contributed by atoms with Gasteiger partial charge >= 0.3 is 0 Å². The van der Waals surface area contributed by atoms with Crippen molar-refractivity contribution in [3.05, 3.63) is 53.2 Å². The van der Waals surface area contributed by atoms with Gasteiger partial charge in [0.2, 0.25) is 12.7 Å². The molecule has 0 saturated heterocycles. The first-order valence-electron chi connectivity index (χ1n) is 8.14. The lowest BCUT2D eigenvalue weighted by Crippen LogP contribution is -2.06. The zero-order valence-corrected chi connectivity index (χ0v) is 15.2. The Labute approximate surface area is 160 Å². The van der Waals surface area contributed by atoms with Crippen LogP contribution >= 0.6 is 11.6 Å². The molecule has 1 aliphatic rings. The summed E-state index contributed by atoms with van der Waals surface area (Å²) in [5, 5.41) is 14.8. The van der Waals surface area contributed by atoms with Gasteiger partial charge in [0.1, 0.15) is 5.75 Å². The van der Waals surface area contributed by atoms with Gasteiger partial charge in [0.25, 0.3) is 0 Å². The molecule has 27 heavy (non-hydrogen) atoms. The van der Waals surface area contributed by atoms with Crippen LogP contribution in [0, 0.1) is 0 Å². The molecule has 0 fully saturated rings. The van der Waals surface area contributed by atoms with E-state index in [0.717, 1.165) is 17.1 Å². The lowest BCUT2D eigenvalue weighted by Gasteiger charge is -2.11. The zero-order chi connectivity index (χ0) is 18.6. The Kier molecular flexibility index (Phi) is 4.80. The number of ether oxygens (including phenoxy) is 3. The second kappa shape index (κ2) is 7.55. The van der Waals surface area contributed by atoms with Crippen LogP contribution in [-0.2, 0) is 6.54 Å². The average Bonchev–Trinajstić information content (AvgIpc) is 3.15. The third-order valence-corrected chi connectivity index (χ3v) is 4.11. The predicted octanol–water partition coefficient (Wildman–Crippen LogP) is 3.62. The molecule has 8 nitrogen and oxygen atoms in total. The van der Waals surface area contributed by atoms with Gasteiger partial charge in [-0.25, -0.2) is 0 Å². The molecular weight excluding hydrogens is 370 g/mol. The van der Waals surface area contributed by atoms with Crippen molar-refractivity contribution in [2.45, 2.75) is 6.54 Å². The molecule has 0 bridgehead atoms. The van der Waals surface area contributed by atoms with Crippen molar-refractivity contribution in [2.75, 3.05) is 24.5 Å². The molecule has 138 valence electrons. The van der Waals surface area contributed by atoms with Gasteiger partial charge in [-0.1, -0.05) is 17.7 Å². The van der Waals surface area contributed by atoms with E-state index in [1.165, 1.54) is 6.20 Å². The molecule has 0 radical (unpaired) electrons. The van der Waals surface area contributed by atoms with Crippen LogP contribution < -0.4 is 24.8 Å². The number of methoxy groups -OCH3 is 1. The summed E-state index contributed by atoms with van der Waals surface area (Å²) >= 11 is 6.05. The highest BCUT2D eigenvalue weighted by molar-refractivity contribution is 6.31. The van der Waals surface area contributed by atoms with E-state index >= 15 is 0 Å². The third kappa shape index (κ3) is 3.95. The van der Waals surface area contributed by atoms with E-state index in [2.05, 4.69) is 25.8 Å². The molecular formula is C18H16ClN5O3. The number of halogens is 1. The van der Waals surface area contributed by atoms with Crippen LogP contribution in [-0.4, -0.2) is 29.1 Å². The summed E-state index contributed by atoms with van der Waals surface area (Å²) in [6.45, 7) is 0.766. The van der Waals surface area contributed by atoms with Crippen molar-refractivity contribution in [2.24, 2.45) is 0 Å². The summed E-state index contributed by atoms with van der Waals surface area (Å²) in [6.07, 6.45) is 1.52. The van der Waals surface area contributed by atoms with E-state index < -0.39 is 0 Å². The largest absolute Gasteiger partial charge is 0.495 e. The van der Waals surface area contributed by atoms with Gasteiger partial charge in [-0.15, -0.1) is 5.10 Å². The summed E-state index contributed by atoms with van der Waals surface area (Å²) in [7, 11) is 1.59. The van der Waals surface area contributed by atoms with Crippen LogP contribution in [0.5, 0.6) is 17.2 Å². The average molecular weight is 386 g/mol. The summed E-state index contributed by atoms with van der Waals surface area (Å²) in [5.74, 6) is 3.03. The number of benzene rings is 2. The minimum atomic E-state index is 0.250. The molecule has 0 aliphatic carbocycles. The Balaban J connectivity index is 1.46. The highest BCUT2D eigenvalue weighted by atomic mass is 35.5. The Hall–Kier alpha value is -3.26. The number of nitrogens with one attached hydrogen (secondary N) is 2. The van der Waals surface area contributed by atoms with Crippen molar-refractivity contribution < 1.29 is 14.2 Å². The summed E-state index contributed by atoms with van der Waals surface area (Å²) in [5.41, 5.74) is 1.70. The quantitative estimate of drug-likeness (QED) is 0.665. The SMILES string of the molecule is COc1ccc(Cl)cc1Nc1cnnc(NCc2ccc3c(c2)OCO3)n1. The van der Waals surface area contributed by atoms with Gasteiger partial charge in [0, 0.05) is 11.6 Å². The molecule has 0 saturated carbocycles. The topological polar surface area (TPSA) is 90.4 Å². The monoisotopic (exact) mass is 385 g/mol. The van der Waals surface area contributed by atoms with Gasteiger partial charge in [-0.05, 0) is 35.9 Å². The molecule has 2 heterocycles. The fraction of sp³-hybridized carbons (Fsp3) is 0.167. The molecule has 0 atom stereocenters. The first-order chi connectivity index (χ1) is 13.2. The molecule has 0 unspecified atom stereocenters. The fourth-order valence-electron chi connectivity index (χ4n) is 2.59. The number of hydrogen-bond donors (Lipinski definition) is 2. The molecule has 1 aliphatic heterocycles. The highest BCUT2D eigenvalue weighted by Gasteiger charge is 2.13. The maximum absolute atomic E-state index is 6.05. The number of nitrogens with zero attached hydrogens (tertiary/aromatic N) is 3. The van der Waals surface area contributed by atoms with Crippen LogP contribution in [0.4, 0.5) is 17.5 Å². The number of hydrogen-bond acceptors (Lipinski definition) is 8. The van der Waals surface area contributed by atoms with Crippen LogP contribution in [0.25, 0.3) is 0 Å². The maximum atomic E-state index is 6.05. The van der Waals surface area contributed by atoms with Crippen LogP contribution in [0.15, 0.2) is 42.6 Å². The lowest BCUT2D eigenvalue weighted by atomic mass is 10.2. The third-order valence-electron chi connectivity index (χ3n) is 3.87. The van der Waals surface area contributed by atoms with Gasteiger partial charge in [0.05, 0.1) is 19.0 Å². The van der Waals surface area contributed by atoms with Gasteiger partial charge in [0.15, 0.2) is 17.3 Å². The fourth-order valence-corrected chi connectivity index (χ4v) is 2.76. The molecule has 1 aromatic heterocycles. The predicted molar refractivity (Wildman–Crippen MR) is 101 cm³/mol. The van der Waals surface area contributed by atoms with E-state index in [4.69, 9.17) is 25.8 Å². The highest BCUT2D eigenvalue weighted by Crippen LogP contribution is 2.33. The van der Waals surface area contributed by atoms with E-state index in [1.807, 2.05) is 18.2 Å². The van der Waals surface area contributed by atoms with E-state index in [0.29, 0.717) is 34.8 Å². The van der Waals surface area contributed by atoms with E-state index in [1.54, 1.807) is 25.3 Å². The van der Waals surface area contributed by atoms with Crippen molar-refractivity contribution in [3.63, 3.8) is 0 Å². The summed E-state index contributed by atoms with van der Waals surface area (Å²) in [6, 6.07) is 11.0.